The van der Waals surface area contributed by atoms with Crippen molar-refractivity contribution in [3.63, 3.8) is 0 Å². The molecule has 0 amide bonds. The lowest BCUT2D eigenvalue weighted by atomic mass is 9.94. The molecule has 6 aromatic carbocycles. The Morgan fingerprint density at radius 3 is 2.12 bits per heavy atom. The fraction of sp³-hybridized carbons (Fsp3) is 0. The molecular weight excluding hydrogens is 414 g/mol. The molecule has 8 rings (SSSR count). The van der Waals surface area contributed by atoms with Crippen LogP contribution in [0.2, 0.25) is 0 Å². The smallest absolute Gasteiger partial charge is 0.136 e. The third-order valence-corrected chi connectivity index (χ3v) is 7.18. The van der Waals surface area contributed by atoms with Crippen molar-refractivity contribution in [3.8, 4) is 11.1 Å². The summed E-state index contributed by atoms with van der Waals surface area (Å²) >= 11 is 0. The second-order valence-corrected chi connectivity index (χ2v) is 9.04. The van der Waals surface area contributed by atoms with Gasteiger partial charge in [0.25, 0.3) is 0 Å². The molecule has 2 heteroatoms. The molecule has 0 bridgehead atoms. The number of fused-ring (bicyclic) bond motifs is 10. The Kier molecular flexibility index (Phi) is 3.42. The number of rotatable bonds is 1. The molecule has 0 unspecified atom stereocenters. The van der Waals surface area contributed by atoms with Crippen molar-refractivity contribution in [3.05, 3.63) is 109 Å². The molecule has 0 fully saturated rings. The van der Waals surface area contributed by atoms with E-state index in [1.807, 2.05) is 12.1 Å². The Bertz CT molecular complexity index is 2070. The summed E-state index contributed by atoms with van der Waals surface area (Å²) in [5, 5.41) is 9.89. The Morgan fingerprint density at radius 2 is 1.21 bits per heavy atom. The first-order chi connectivity index (χ1) is 16.8. The van der Waals surface area contributed by atoms with Crippen molar-refractivity contribution in [2.24, 2.45) is 0 Å². The Balaban J connectivity index is 1.49. The highest BCUT2D eigenvalue weighted by atomic mass is 16.3. The van der Waals surface area contributed by atoms with E-state index < -0.39 is 0 Å². The molecule has 0 atom stereocenters. The minimum atomic E-state index is 0.929. The van der Waals surface area contributed by atoms with Gasteiger partial charge in [-0.25, -0.2) is 0 Å². The van der Waals surface area contributed by atoms with Gasteiger partial charge in [0.15, 0.2) is 0 Å². The fourth-order valence-electron chi connectivity index (χ4n) is 5.67. The first-order valence-corrected chi connectivity index (χ1v) is 11.6. The van der Waals surface area contributed by atoms with E-state index in [2.05, 4.69) is 102 Å². The van der Waals surface area contributed by atoms with Gasteiger partial charge in [-0.15, -0.1) is 0 Å². The Labute approximate surface area is 195 Å². The molecule has 0 radical (unpaired) electrons. The summed E-state index contributed by atoms with van der Waals surface area (Å²) in [6.45, 7) is 0. The van der Waals surface area contributed by atoms with Crippen molar-refractivity contribution in [2.45, 2.75) is 0 Å². The molecule has 158 valence electrons. The van der Waals surface area contributed by atoms with Crippen LogP contribution >= 0.6 is 0 Å². The van der Waals surface area contributed by atoms with Crippen molar-refractivity contribution < 1.29 is 4.42 Å². The number of benzene rings is 6. The lowest BCUT2D eigenvalue weighted by Crippen LogP contribution is -1.83. The maximum absolute atomic E-state index is 6.32. The lowest BCUT2D eigenvalue weighted by Gasteiger charge is -2.09. The Hall–Kier alpha value is -4.56. The number of nitrogens with one attached hydrogen (secondary N) is 1. The van der Waals surface area contributed by atoms with Gasteiger partial charge >= 0.3 is 0 Å². The molecule has 2 aromatic heterocycles. The molecule has 2 heterocycles. The normalized spacial score (nSPS) is 12.1. The predicted octanol–water partition coefficient (Wildman–Crippen LogP) is 9.19. The molecule has 0 aliphatic rings. The molecule has 8 aromatic rings. The molecule has 34 heavy (non-hydrogen) atoms. The van der Waals surface area contributed by atoms with E-state index in [4.69, 9.17) is 4.42 Å². The predicted molar refractivity (Wildman–Crippen MR) is 144 cm³/mol. The largest absolute Gasteiger partial charge is 0.456 e. The van der Waals surface area contributed by atoms with E-state index in [0.717, 1.165) is 16.7 Å². The zero-order chi connectivity index (χ0) is 22.2. The third kappa shape index (κ3) is 2.35. The summed E-state index contributed by atoms with van der Waals surface area (Å²) in [5.41, 5.74) is 6.57. The number of hydrogen-bond acceptors (Lipinski definition) is 1. The van der Waals surface area contributed by atoms with Crippen molar-refractivity contribution in [2.75, 3.05) is 0 Å². The number of H-pyrrole nitrogens is 1. The Morgan fingerprint density at radius 1 is 0.471 bits per heavy atom. The number of hydrogen-bond donors (Lipinski definition) is 1. The van der Waals surface area contributed by atoms with Crippen molar-refractivity contribution >= 4 is 65.3 Å². The summed E-state index contributed by atoms with van der Waals surface area (Å²) < 4.78 is 6.32. The minimum absolute atomic E-state index is 0.929. The number of aromatic amines is 1. The number of para-hydroxylation sites is 1. The summed E-state index contributed by atoms with van der Waals surface area (Å²) in [7, 11) is 0. The SMILES string of the molecule is c1ccc2c(c1)ccc1[nH]c3ccc(-c4cc5oc6ccccc6c5c5ccccc45)cc3c12. The first kappa shape index (κ1) is 17.9. The lowest BCUT2D eigenvalue weighted by molar-refractivity contribution is 0.669. The van der Waals surface area contributed by atoms with Gasteiger partial charge in [0.05, 0.1) is 0 Å². The van der Waals surface area contributed by atoms with Gasteiger partial charge in [-0.1, -0.05) is 78.9 Å². The molecular formula is C32H19NO. The number of furan rings is 1. The topological polar surface area (TPSA) is 28.9 Å². The zero-order valence-electron chi connectivity index (χ0n) is 18.3. The summed E-state index contributed by atoms with van der Waals surface area (Å²) in [6, 6.07) is 38.9. The van der Waals surface area contributed by atoms with E-state index in [-0.39, 0.29) is 0 Å². The minimum Gasteiger partial charge on any atom is -0.456 e. The first-order valence-electron chi connectivity index (χ1n) is 11.6. The van der Waals surface area contributed by atoms with Gasteiger partial charge in [0, 0.05) is 32.6 Å². The van der Waals surface area contributed by atoms with Crippen LogP contribution in [0, 0.1) is 0 Å². The summed E-state index contributed by atoms with van der Waals surface area (Å²) in [6.07, 6.45) is 0. The van der Waals surface area contributed by atoms with Gasteiger partial charge in [-0.3, -0.25) is 0 Å². The van der Waals surface area contributed by atoms with E-state index in [1.54, 1.807) is 0 Å². The van der Waals surface area contributed by atoms with E-state index in [1.165, 1.54) is 59.7 Å². The van der Waals surface area contributed by atoms with Crippen LogP contribution in [0.5, 0.6) is 0 Å². The van der Waals surface area contributed by atoms with Gasteiger partial charge in [-0.2, -0.15) is 0 Å². The zero-order valence-corrected chi connectivity index (χ0v) is 18.3. The van der Waals surface area contributed by atoms with Gasteiger partial charge in [0.1, 0.15) is 11.2 Å². The highest BCUT2D eigenvalue weighted by Gasteiger charge is 2.16. The summed E-state index contributed by atoms with van der Waals surface area (Å²) in [4.78, 5) is 3.61. The monoisotopic (exact) mass is 433 g/mol. The van der Waals surface area contributed by atoms with Crippen molar-refractivity contribution in [1.82, 2.24) is 4.98 Å². The maximum Gasteiger partial charge on any atom is 0.136 e. The van der Waals surface area contributed by atoms with Crippen LogP contribution in [-0.4, -0.2) is 4.98 Å². The van der Waals surface area contributed by atoms with Crippen LogP contribution < -0.4 is 0 Å². The van der Waals surface area contributed by atoms with Crippen molar-refractivity contribution in [1.29, 1.82) is 0 Å². The van der Waals surface area contributed by atoms with Crippen LogP contribution in [0.15, 0.2) is 114 Å². The molecule has 2 nitrogen and oxygen atoms in total. The van der Waals surface area contributed by atoms with E-state index >= 15 is 0 Å². The molecule has 0 aliphatic carbocycles. The third-order valence-electron chi connectivity index (χ3n) is 7.18. The van der Waals surface area contributed by atoms with Gasteiger partial charge in [0.2, 0.25) is 0 Å². The highest BCUT2D eigenvalue weighted by molar-refractivity contribution is 6.23. The average Bonchev–Trinajstić information content (AvgIpc) is 3.46. The van der Waals surface area contributed by atoms with E-state index in [9.17, 15) is 0 Å². The summed E-state index contributed by atoms with van der Waals surface area (Å²) in [5.74, 6) is 0. The van der Waals surface area contributed by atoms with Crippen LogP contribution in [0.4, 0.5) is 0 Å². The van der Waals surface area contributed by atoms with Gasteiger partial charge in [-0.05, 0) is 63.0 Å². The maximum atomic E-state index is 6.32. The molecule has 0 saturated carbocycles. The number of aromatic nitrogens is 1. The standard InChI is InChI=1S/C32H19NO/c1-2-8-21-19(7-1)13-16-28-31(21)26-17-20(14-15-27(26)33-28)25-18-30-32(23-10-4-3-9-22(23)25)24-11-5-6-12-29(24)34-30/h1-18,33H. The van der Waals surface area contributed by atoms with Crippen LogP contribution in [-0.2, 0) is 0 Å². The average molecular weight is 434 g/mol. The van der Waals surface area contributed by atoms with Gasteiger partial charge < -0.3 is 9.40 Å². The quantitative estimate of drug-likeness (QED) is 0.275. The highest BCUT2D eigenvalue weighted by Crippen LogP contribution is 2.41. The van der Waals surface area contributed by atoms with Crippen LogP contribution in [0.1, 0.15) is 0 Å². The second kappa shape index (κ2) is 6.49. The van der Waals surface area contributed by atoms with E-state index in [0.29, 0.717) is 0 Å². The fourth-order valence-corrected chi connectivity index (χ4v) is 5.67. The molecule has 1 N–H and O–H groups in total. The molecule has 0 aliphatic heterocycles. The molecule has 0 saturated heterocycles. The van der Waals surface area contributed by atoms with Crippen LogP contribution in [0.25, 0.3) is 76.4 Å². The van der Waals surface area contributed by atoms with Crippen LogP contribution in [0.3, 0.4) is 0 Å². The molecule has 0 spiro atoms. The second-order valence-electron chi connectivity index (χ2n) is 9.04.